The number of carbonyl (C=O) groups is 1. The summed E-state index contributed by atoms with van der Waals surface area (Å²) in [4.78, 5) is 18.5. The van der Waals surface area contributed by atoms with E-state index in [2.05, 4.69) is 10.1 Å². The Morgan fingerprint density at radius 3 is 2.32 bits per heavy atom. The number of sulfonamides is 1. The molecule has 0 fully saturated rings. The normalized spacial score (nSPS) is 11.3. The van der Waals surface area contributed by atoms with Crippen LogP contribution in [0.5, 0.6) is 5.75 Å². The number of ether oxygens (including phenoxy) is 1. The zero-order valence-corrected chi connectivity index (χ0v) is 20.9. The van der Waals surface area contributed by atoms with E-state index in [0.717, 1.165) is 22.4 Å². The summed E-state index contributed by atoms with van der Waals surface area (Å²) in [6.45, 7) is 4.22. The summed E-state index contributed by atoms with van der Waals surface area (Å²) in [6.07, 6.45) is 1.74. The summed E-state index contributed by atoms with van der Waals surface area (Å²) in [5.74, 6) is 1.33. The average molecular weight is 487 g/mol. The van der Waals surface area contributed by atoms with Crippen molar-refractivity contribution in [2.24, 2.45) is 0 Å². The highest BCUT2D eigenvalue weighted by atomic mass is 32.2. The monoisotopic (exact) mass is 486 g/mol. The first-order chi connectivity index (χ1) is 16.1. The lowest BCUT2D eigenvalue weighted by Gasteiger charge is -2.23. The molecule has 182 valence electrons. The third-order valence-corrected chi connectivity index (χ3v) is 6.46. The Morgan fingerprint density at radius 1 is 1.09 bits per heavy atom. The molecule has 1 amide bonds. The summed E-state index contributed by atoms with van der Waals surface area (Å²) in [5, 5.41) is 3.98. The zero-order chi connectivity index (χ0) is 24.9. The minimum absolute atomic E-state index is 0.141. The van der Waals surface area contributed by atoms with Gasteiger partial charge in [0, 0.05) is 25.6 Å². The van der Waals surface area contributed by atoms with Crippen molar-refractivity contribution in [2.45, 2.75) is 33.2 Å². The van der Waals surface area contributed by atoms with Gasteiger partial charge in [-0.2, -0.15) is 4.98 Å². The molecule has 0 aliphatic heterocycles. The van der Waals surface area contributed by atoms with Crippen LogP contribution >= 0.6 is 0 Å². The fourth-order valence-electron chi connectivity index (χ4n) is 3.61. The Kier molecular flexibility index (Phi) is 7.93. The van der Waals surface area contributed by atoms with Crippen LogP contribution in [0.3, 0.4) is 0 Å². The maximum absolute atomic E-state index is 12.6. The Bertz CT molecular complexity index is 1220. The van der Waals surface area contributed by atoms with Crippen LogP contribution in [-0.2, 0) is 21.4 Å². The van der Waals surface area contributed by atoms with Crippen molar-refractivity contribution in [3.63, 3.8) is 0 Å². The average Bonchev–Trinajstić information content (AvgIpc) is 3.23. The zero-order valence-electron chi connectivity index (χ0n) is 20.1. The molecule has 3 aromatic rings. The van der Waals surface area contributed by atoms with E-state index < -0.39 is 10.0 Å². The lowest BCUT2D eigenvalue weighted by Crippen LogP contribution is -2.32. The highest BCUT2D eigenvalue weighted by Gasteiger charge is 2.20. The van der Waals surface area contributed by atoms with Gasteiger partial charge in [0.15, 0.2) is 0 Å². The fraction of sp³-hybridized carbons (Fsp3) is 0.375. The van der Waals surface area contributed by atoms with E-state index in [4.69, 9.17) is 9.26 Å². The van der Waals surface area contributed by atoms with Gasteiger partial charge in [0.2, 0.25) is 27.6 Å². The van der Waals surface area contributed by atoms with Gasteiger partial charge >= 0.3 is 0 Å². The molecule has 1 heterocycles. The third-order valence-electron chi connectivity index (χ3n) is 5.26. The highest BCUT2D eigenvalue weighted by Crippen LogP contribution is 2.22. The Morgan fingerprint density at radius 2 is 1.74 bits per heavy atom. The molecule has 0 atom stereocenters. The van der Waals surface area contributed by atoms with E-state index in [9.17, 15) is 13.2 Å². The quantitative estimate of drug-likeness (QED) is 0.431. The summed E-state index contributed by atoms with van der Waals surface area (Å²) in [5.41, 5.74) is 3.34. The van der Waals surface area contributed by atoms with E-state index in [0.29, 0.717) is 23.8 Å². The minimum Gasteiger partial charge on any atom is -0.497 e. The first kappa shape index (κ1) is 25.2. The lowest BCUT2D eigenvalue weighted by atomic mass is 10.1. The van der Waals surface area contributed by atoms with Crippen molar-refractivity contribution >= 4 is 21.6 Å². The SMILES string of the molecule is COc1ccc(-c2noc(CN(C)C(=O)CCCN(c3cc(C)cc(C)c3)S(C)(=O)=O)n2)cc1. The Hall–Kier alpha value is -3.40. The Labute approximate surface area is 200 Å². The smallest absolute Gasteiger partial charge is 0.246 e. The number of aryl methyl sites for hydroxylation is 2. The minimum atomic E-state index is -3.48. The number of hydrogen-bond donors (Lipinski definition) is 0. The Balaban J connectivity index is 1.57. The van der Waals surface area contributed by atoms with Crippen LogP contribution < -0.4 is 9.04 Å². The number of methoxy groups -OCH3 is 1. The van der Waals surface area contributed by atoms with E-state index in [1.165, 1.54) is 15.5 Å². The number of anilines is 1. The number of carbonyl (C=O) groups excluding carboxylic acids is 1. The number of hydrogen-bond acceptors (Lipinski definition) is 7. The molecule has 0 bridgehead atoms. The molecule has 0 saturated carbocycles. The van der Waals surface area contributed by atoms with Crippen LogP contribution in [0.15, 0.2) is 47.0 Å². The van der Waals surface area contributed by atoms with Gasteiger partial charge in [-0.3, -0.25) is 9.10 Å². The van der Waals surface area contributed by atoms with Gasteiger partial charge in [-0.1, -0.05) is 11.2 Å². The van der Waals surface area contributed by atoms with Crippen molar-refractivity contribution in [1.29, 1.82) is 0 Å². The van der Waals surface area contributed by atoms with Crippen molar-refractivity contribution in [2.75, 3.05) is 31.3 Å². The van der Waals surface area contributed by atoms with Crippen LogP contribution in [0, 0.1) is 13.8 Å². The number of benzene rings is 2. The van der Waals surface area contributed by atoms with Crippen LogP contribution in [-0.4, -0.2) is 56.3 Å². The molecule has 9 nitrogen and oxygen atoms in total. The van der Waals surface area contributed by atoms with Crippen LogP contribution in [0.25, 0.3) is 11.4 Å². The predicted octanol–water partition coefficient (Wildman–Crippen LogP) is 3.57. The molecule has 2 aromatic carbocycles. The van der Waals surface area contributed by atoms with Crippen molar-refractivity contribution in [3.05, 3.63) is 59.5 Å². The summed E-state index contributed by atoms with van der Waals surface area (Å²) in [6, 6.07) is 12.9. The van der Waals surface area contributed by atoms with E-state index in [1.54, 1.807) is 26.3 Å². The van der Waals surface area contributed by atoms with E-state index in [1.807, 2.05) is 44.2 Å². The topological polar surface area (TPSA) is 106 Å². The van der Waals surface area contributed by atoms with Crippen LogP contribution in [0.1, 0.15) is 29.9 Å². The number of nitrogens with zero attached hydrogens (tertiary/aromatic N) is 4. The van der Waals surface area contributed by atoms with E-state index >= 15 is 0 Å². The summed E-state index contributed by atoms with van der Waals surface area (Å²) < 4.78 is 36.5. The molecule has 0 aliphatic carbocycles. The van der Waals surface area contributed by atoms with Crippen molar-refractivity contribution in [3.8, 4) is 17.1 Å². The first-order valence-electron chi connectivity index (χ1n) is 10.8. The van der Waals surface area contributed by atoms with Gasteiger partial charge in [0.1, 0.15) is 5.75 Å². The molecule has 34 heavy (non-hydrogen) atoms. The lowest BCUT2D eigenvalue weighted by molar-refractivity contribution is -0.130. The number of aromatic nitrogens is 2. The molecule has 0 N–H and O–H groups in total. The van der Waals surface area contributed by atoms with Gasteiger partial charge in [-0.05, 0) is 67.8 Å². The second-order valence-electron chi connectivity index (χ2n) is 8.27. The molecule has 10 heteroatoms. The van der Waals surface area contributed by atoms with Gasteiger partial charge < -0.3 is 14.2 Å². The van der Waals surface area contributed by atoms with Gasteiger partial charge in [0.05, 0.1) is 25.6 Å². The largest absolute Gasteiger partial charge is 0.497 e. The molecule has 0 unspecified atom stereocenters. The third kappa shape index (κ3) is 6.57. The van der Waals surface area contributed by atoms with Gasteiger partial charge in [0.25, 0.3) is 0 Å². The van der Waals surface area contributed by atoms with Crippen LogP contribution in [0.4, 0.5) is 5.69 Å². The van der Waals surface area contributed by atoms with Gasteiger partial charge in [-0.15, -0.1) is 0 Å². The second-order valence-corrected chi connectivity index (χ2v) is 10.2. The highest BCUT2D eigenvalue weighted by molar-refractivity contribution is 7.92. The summed E-state index contributed by atoms with van der Waals surface area (Å²) in [7, 11) is -0.235. The first-order valence-corrected chi connectivity index (χ1v) is 12.7. The van der Waals surface area contributed by atoms with Crippen molar-refractivity contribution < 1.29 is 22.5 Å². The number of rotatable bonds is 10. The maximum atomic E-state index is 12.6. The second kappa shape index (κ2) is 10.7. The van der Waals surface area contributed by atoms with Gasteiger partial charge in [-0.25, -0.2) is 8.42 Å². The molecule has 0 aliphatic rings. The van der Waals surface area contributed by atoms with Crippen molar-refractivity contribution in [1.82, 2.24) is 15.0 Å². The maximum Gasteiger partial charge on any atom is 0.246 e. The molecular weight excluding hydrogens is 456 g/mol. The number of amides is 1. The molecule has 1 aromatic heterocycles. The molecule has 3 rings (SSSR count). The van der Waals surface area contributed by atoms with E-state index in [-0.39, 0.29) is 25.4 Å². The molecule has 0 saturated heterocycles. The summed E-state index contributed by atoms with van der Waals surface area (Å²) >= 11 is 0. The molecule has 0 spiro atoms. The van der Waals surface area contributed by atoms with Crippen LogP contribution in [0.2, 0.25) is 0 Å². The molecule has 0 radical (unpaired) electrons. The standard InChI is InChI=1S/C24H30N4O5S/c1-17-13-18(2)15-20(14-17)28(34(5,30)31)12-6-7-23(29)27(3)16-22-25-24(26-33-22)19-8-10-21(32-4)11-9-19/h8-11,13-15H,6-7,12,16H2,1-5H3. The predicted molar refractivity (Wildman–Crippen MR) is 130 cm³/mol. The fourth-order valence-corrected chi connectivity index (χ4v) is 4.56. The molecular formula is C24H30N4O5S.